The largest absolute Gasteiger partial charge is 0.461 e. The number of hydrogen-bond acceptors (Lipinski definition) is 6. The lowest BCUT2D eigenvalue weighted by Crippen LogP contribution is -2.19. The Labute approximate surface area is 147 Å². The number of anilines is 1. The molecule has 2 aromatic rings. The van der Waals surface area contributed by atoms with Crippen LogP contribution in [-0.2, 0) is 14.4 Å². The van der Waals surface area contributed by atoms with Crippen LogP contribution in [0.2, 0.25) is 0 Å². The molecule has 0 radical (unpaired) electrons. The van der Waals surface area contributed by atoms with Crippen molar-refractivity contribution in [3.8, 4) is 11.5 Å². The quantitative estimate of drug-likeness (QED) is 0.375. The van der Waals surface area contributed by atoms with Gasteiger partial charge in [0.1, 0.15) is 18.6 Å². The normalized spacial score (nSPS) is 11.1. The minimum Gasteiger partial charge on any atom is -0.461 e. The number of carbonyl (C=O) groups excluding carboxylic acids is 1. The lowest BCUT2D eigenvalue weighted by Gasteiger charge is -2.12. The van der Waals surface area contributed by atoms with Crippen molar-refractivity contribution in [3.63, 3.8) is 0 Å². The maximum absolute atomic E-state index is 11.9. The molecule has 0 aliphatic carbocycles. The summed E-state index contributed by atoms with van der Waals surface area (Å²) < 4.78 is 10.9. The fraction of sp³-hybridized carbons (Fsp3) is 0.263. The monoisotopic (exact) mass is 342 g/mol. The molecule has 0 saturated carbocycles. The van der Waals surface area contributed by atoms with Crippen LogP contribution in [0.25, 0.3) is 0 Å². The van der Waals surface area contributed by atoms with Gasteiger partial charge in [0.25, 0.3) is 0 Å². The van der Waals surface area contributed by atoms with E-state index in [-0.39, 0.29) is 12.3 Å². The van der Waals surface area contributed by atoms with Crippen molar-refractivity contribution < 1.29 is 19.1 Å². The van der Waals surface area contributed by atoms with E-state index in [9.17, 15) is 4.79 Å². The van der Waals surface area contributed by atoms with E-state index in [4.69, 9.17) is 20.0 Å². The van der Waals surface area contributed by atoms with Gasteiger partial charge < -0.3 is 20.0 Å². The first-order valence-electron chi connectivity index (χ1n) is 7.89. The Hall–Kier alpha value is -3.02. The minimum atomic E-state index is -0.539. The predicted molar refractivity (Wildman–Crippen MR) is 97.0 cm³/mol. The maximum Gasteiger partial charge on any atom is 0.361 e. The molecule has 2 aromatic carbocycles. The summed E-state index contributed by atoms with van der Waals surface area (Å²) in [6, 6.07) is 10.7. The number of nitrogen functional groups attached to an aromatic ring is 1. The molecule has 6 nitrogen and oxygen atoms in total. The van der Waals surface area contributed by atoms with Crippen LogP contribution in [0.3, 0.4) is 0 Å². The average Bonchev–Trinajstić information content (AvgIpc) is 2.58. The molecular formula is C19H22N2O4. The van der Waals surface area contributed by atoms with E-state index >= 15 is 0 Å². The van der Waals surface area contributed by atoms with Crippen LogP contribution in [0.15, 0.2) is 41.6 Å². The Balaban J connectivity index is 2.23. The van der Waals surface area contributed by atoms with E-state index in [1.165, 1.54) is 7.11 Å². The molecule has 6 heteroatoms. The second-order valence-corrected chi connectivity index (χ2v) is 5.44. The minimum absolute atomic E-state index is 0.107. The summed E-state index contributed by atoms with van der Waals surface area (Å²) in [5, 5.41) is 3.75. The molecule has 0 saturated heterocycles. The fourth-order valence-electron chi connectivity index (χ4n) is 2.23. The fourth-order valence-corrected chi connectivity index (χ4v) is 2.23. The maximum atomic E-state index is 11.9. The first-order chi connectivity index (χ1) is 12.0. The summed E-state index contributed by atoms with van der Waals surface area (Å²) in [5.41, 5.74) is 9.21. The van der Waals surface area contributed by atoms with Crippen molar-refractivity contribution >= 4 is 17.4 Å². The Morgan fingerprint density at radius 3 is 2.40 bits per heavy atom. The van der Waals surface area contributed by atoms with Gasteiger partial charge in [-0.2, -0.15) is 0 Å². The topological polar surface area (TPSA) is 83.1 Å². The first-order valence-corrected chi connectivity index (χ1v) is 7.89. The first kappa shape index (κ1) is 18.3. The average molecular weight is 342 g/mol. The molecule has 0 amide bonds. The zero-order valence-electron chi connectivity index (χ0n) is 14.8. The number of carbonyl (C=O) groups is 1. The van der Waals surface area contributed by atoms with Gasteiger partial charge in [-0.1, -0.05) is 5.16 Å². The van der Waals surface area contributed by atoms with Crippen molar-refractivity contribution in [2.75, 3.05) is 19.5 Å². The van der Waals surface area contributed by atoms with Crippen LogP contribution >= 0.6 is 0 Å². The zero-order chi connectivity index (χ0) is 18.4. The van der Waals surface area contributed by atoms with Gasteiger partial charge >= 0.3 is 5.97 Å². The molecule has 0 unspecified atom stereocenters. The van der Waals surface area contributed by atoms with Gasteiger partial charge in [-0.3, -0.25) is 0 Å². The van der Waals surface area contributed by atoms with Gasteiger partial charge in [0.15, 0.2) is 5.71 Å². The third-order valence-electron chi connectivity index (χ3n) is 3.57. The number of nitrogens with zero attached hydrogens (tertiary/aromatic N) is 1. The number of esters is 1. The summed E-state index contributed by atoms with van der Waals surface area (Å²) in [6.45, 7) is 5.86. The summed E-state index contributed by atoms with van der Waals surface area (Å²) in [5.74, 6) is 0.829. The van der Waals surface area contributed by atoms with Crippen molar-refractivity contribution in [2.45, 2.75) is 20.8 Å². The van der Waals surface area contributed by atoms with Crippen LogP contribution < -0.4 is 10.5 Å². The molecule has 2 rings (SSSR count). The summed E-state index contributed by atoms with van der Waals surface area (Å²) in [7, 11) is 1.38. The van der Waals surface area contributed by atoms with E-state index < -0.39 is 5.97 Å². The third-order valence-corrected chi connectivity index (χ3v) is 3.57. The molecule has 0 aliphatic rings. The summed E-state index contributed by atoms with van der Waals surface area (Å²) in [4.78, 5) is 16.7. The van der Waals surface area contributed by atoms with E-state index in [2.05, 4.69) is 5.16 Å². The van der Waals surface area contributed by atoms with Gasteiger partial charge in [-0.05, 0) is 68.3 Å². The molecule has 0 heterocycles. The number of ether oxygens (including phenoxy) is 2. The standard InChI is InChI=1S/C19H22N2O4/c1-5-24-19(22)18(21-23-4)14-6-8-15(9-7-14)25-17-11-12(2)16(20)10-13(17)3/h6-11H,5,20H2,1-4H3/b21-18+. The van der Waals surface area contributed by atoms with E-state index in [1.807, 2.05) is 26.0 Å². The van der Waals surface area contributed by atoms with Gasteiger partial charge in [0.2, 0.25) is 0 Å². The van der Waals surface area contributed by atoms with Crippen molar-refractivity contribution in [1.82, 2.24) is 0 Å². The van der Waals surface area contributed by atoms with Gasteiger partial charge in [0, 0.05) is 11.3 Å². The van der Waals surface area contributed by atoms with Crippen LogP contribution in [0.4, 0.5) is 5.69 Å². The van der Waals surface area contributed by atoms with E-state index in [0.717, 1.165) is 22.6 Å². The van der Waals surface area contributed by atoms with Gasteiger partial charge in [-0.25, -0.2) is 4.79 Å². The van der Waals surface area contributed by atoms with E-state index in [1.54, 1.807) is 31.2 Å². The SMILES string of the molecule is CCOC(=O)/C(=N/OC)c1ccc(Oc2cc(C)c(N)cc2C)cc1. The summed E-state index contributed by atoms with van der Waals surface area (Å²) >= 11 is 0. The Morgan fingerprint density at radius 2 is 1.80 bits per heavy atom. The number of aryl methyl sites for hydroxylation is 2. The highest BCUT2D eigenvalue weighted by atomic mass is 16.6. The number of oxime groups is 1. The Morgan fingerprint density at radius 1 is 1.12 bits per heavy atom. The number of benzene rings is 2. The van der Waals surface area contributed by atoms with Crippen molar-refractivity contribution in [2.24, 2.45) is 5.16 Å². The molecule has 0 atom stereocenters. The number of rotatable bonds is 6. The highest BCUT2D eigenvalue weighted by molar-refractivity contribution is 6.43. The zero-order valence-corrected chi connectivity index (χ0v) is 14.8. The van der Waals surface area contributed by atoms with E-state index in [0.29, 0.717) is 11.3 Å². The smallest absolute Gasteiger partial charge is 0.361 e. The lowest BCUT2D eigenvalue weighted by molar-refractivity contribution is -0.135. The van der Waals surface area contributed by atoms with Crippen LogP contribution in [-0.4, -0.2) is 25.4 Å². The third kappa shape index (κ3) is 4.50. The van der Waals surface area contributed by atoms with Crippen molar-refractivity contribution in [1.29, 1.82) is 0 Å². The van der Waals surface area contributed by atoms with Gasteiger partial charge in [-0.15, -0.1) is 0 Å². The predicted octanol–water partition coefficient (Wildman–Crippen LogP) is 3.59. The van der Waals surface area contributed by atoms with Gasteiger partial charge in [0.05, 0.1) is 6.61 Å². The number of nitrogens with two attached hydrogens (primary N) is 1. The highest BCUT2D eigenvalue weighted by Crippen LogP contribution is 2.29. The van der Waals surface area contributed by atoms with Crippen LogP contribution in [0.5, 0.6) is 11.5 Å². The highest BCUT2D eigenvalue weighted by Gasteiger charge is 2.16. The van der Waals surface area contributed by atoms with Crippen molar-refractivity contribution in [3.05, 3.63) is 53.1 Å². The van der Waals surface area contributed by atoms with Crippen LogP contribution in [0, 0.1) is 13.8 Å². The molecule has 2 N–H and O–H groups in total. The molecule has 132 valence electrons. The molecule has 0 aromatic heterocycles. The second kappa shape index (κ2) is 8.19. The molecule has 0 bridgehead atoms. The Bertz CT molecular complexity index is 783. The molecule has 0 fully saturated rings. The molecular weight excluding hydrogens is 320 g/mol. The molecule has 0 spiro atoms. The lowest BCUT2D eigenvalue weighted by atomic mass is 10.1. The number of hydrogen-bond donors (Lipinski definition) is 1. The second-order valence-electron chi connectivity index (χ2n) is 5.44. The molecule has 0 aliphatic heterocycles. The van der Waals surface area contributed by atoms with Crippen LogP contribution in [0.1, 0.15) is 23.6 Å². The molecule has 25 heavy (non-hydrogen) atoms. The Kier molecular flexibility index (Phi) is 6.00. The summed E-state index contributed by atoms with van der Waals surface area (Å²) in [6.07, 6.45) is 0.